The number of nitrogens with one attached hydrogen (secondary N) is 1. The standard InChI is InChI=1S/C22H24N2O2/c1-3-4-5-17-7-9-18(10-8-17)23-22(26)15-24-13-12-21(25)19-14-16(2)6-11-20(19)24/h6-14H,3-5,15H2,1-2H3,(H,23,26). The number of amides is 1. The van der Waals surface area contributed by atoms with Crippen molar-refractivity contribution in [1.82, 2.24) is 4.57 Å². The second-order valence-electron chi connectivity index (χ2n) is 6.68. The zero-order valence-corrected chi connectivity index (χ0v) is 15.3. The molecule has 0 aliphatic rings. The molecule has 1 aromatic heterocycles. The van der Waals surface area contributed by atoms with E-state index in [0.29, 0.717) is 5.39 Å². The molecule has 1 heterocycles. The lowest BCUT2D eigenvalue weighted by Gasteiger charge is -2.12. The minimum absolute atomic E-state index is 0.0250. The van der Waals surface area contributed by atoms with Crippen LogP contribution in [0.15, 0.2) is 59.5 Å². The summed E-state index contributed by atoms with van der Waals surface area (Å²) in [5.74, 6) is -0.114. The largest absolute Gasteiger partial charge is 0.338 e. The summed E-state index contributed by atoms with van der Waals surface area (Å²) in [5.41, 5.74) is 3.85. The Morgan fingerprint density at radius 3 is 2.58 bits per heavy atom. The molecule has 0 fully saturated rings. The van der Waals surface area contributed by atoms with Gasteiger partial charge in [-0.05, 0) is 49.6 Å². The molecule has 0 bridgehead atoms. The quantitative estimate of drug-likeness (QED) is 0.722. The van der Waals surface area contributed by atoms with E-state index < -0.39 is 0 Å². The maximum absolute atomic E-state index is 12.4. The molecule has 0 saturated heterocycles. The summed E-state index contributed by atoms with van der Waals surface area (Å²) in [5, 5.41) is 3.57. The zero-order chi connectivity index (χ0) is 18.5. The van der Waals surface area contributed by atoms with Gasteiger partial charge in [-0.2, -0.15) is 0 Å². The summed E-state index contributed by atoms with van der Waals surface area (Å²) in [7, 11) is 0. The minimum atomic E-state index is -0.114. The van der Waals surface area contributed by atoms with Crippen LogP contribution in [0, 0.1) is 6.92 Å². The van der Waals surface area contributed by atoms with Gasteiger partial charge in [0.2, 0.25) is 5.91 Å². The van der Waals surface area contributed by atoms with Gasteiger partial charge in [0.25, 0.3) is 0 Å². The number of benzene rings is 2. The molecule has 26 heavy (non-hydrogen) atoms. The van der Waals surface area contributed by atoms with Gasteiger partial charge in [0.15, 0.2) is 5.43 Å². The number of aromatic nitrogens is 1. The lowest BCUT2D eigenvalue weighted by molar-refractivity contribution is -0.116. The highest BCUT2D eigenvalue weighted by Crippen LogP contribution is 2.14. The van der Waals surface area contributed by atoms with Crippen molar-refractivity contribution in [1.29, 1.82) is 0 Å². The minimum Gasteiger partial charge on any atom is -0.338 e. The third-order valence-electron chi connectivity index (χ3n) is 4.50. The topological polar surface area (TPSA) is 51.1 Å². The molecular formula is C22H24N2O2. The van der Waals surface area contributed by atoms with Crippen LogP contribution in [0.5, 0.6) is 0 Å². The number of carbonyl (C=O) groups excluding carboxylic acids is 1. The Kier molecular flexibility index (Phi) is 5.52. The molecule has 0 atom stereocenters. The first-order valence-corrected chi connectivity index (χ1v) is 9.05. The number of hydrogen-bond donors (Lipinski definition) is 1. The van der Waals surface area contributed by atoms with Gasteiger partial charge in [0, 0.05) is 23.3 Å². The van der Waals surface area contributed by atoms with Crippen LogP contribution >= 0.6 is 0 Å². The fourth-order valence-electron chi connectivity index (χ4n) is 3.05. The average Bonchev–Trinajstić information content (AvgIpc) is 2.63. The number of nitrogens with zero attached hydrogens (tertiary/aromatic N) is 1. The summed E-state index contributed by atoms with van der Waals surface area (Å²) < 4.78 is 1.81. The van der Waals surface area contributed by atoms with Crippen LogP contribution in [0.2, 0.25) is 0 Å². The number of hydrogen-bond acceptors (Lipinski definition) is 2. The number of anilines is 1. The molecule has 0 radical (unpaired) electrons. The number of rotatable bonds is 6. The van der Waals surface area contributed by atoms with Gasteiger partial charge in [-0.15, -0.1) is 0 Å². The second-order valence-corrected chi connectivity index (χ2v) is 6.68. The van der Waals surface area contributed by atoms with Gasteiger partial charge < -0.3 is 9.88 Å². The van der Waals surface area contributed by atoms with Crippen molar-refractivity contribution >= 4 is 22.5 Å². The SMILES string of the molecule is CCCCc1ccc(NC(=O)Cn2ccc(=O)c3cc(C)ccc32)cc1. The number of pyridine rings is 1. The fourth-order valence-corrected chi connectivity index (χ4v) is 3.05. The molecule has 2 aromatic carbocycles. The van der Waals surface area contributed by atoms with Crippen LogP contribution in [-0.4, -0.2) is 10.5 Å². The Morgan fingerprint density at radius 2 is 1.85 bits per heavy atom. The normalized spacial score (nSPS) is 10.8. The number of unbranched alkanes of at least 4 members (excludes halogenated alkanes) is 1. The molecule has 4 heteroatoms. The number of fused-ring (bicyclic) bond motifs is 1. The highest BCUT2D eigenvalue weighted by molar-refractivity contribution is 5.91. The number of carbonyl (C=O) groups is 1. The predicted molar refractivity (Wildman–Crippen MR) is 107 cm³/mol. The van der Waals surface area contributed by atoms with E-state index in [1.54, 1.807) is 10.8 Å². The van der Waals surface area contributed by atoms with Crippen LogP contribution in [0.1, 0.15) is 30.9 Å². The van der Waals surface area contributed by atoms with Gasteiger partial charge in [0.05, 0.1) is 5.52 Å². The van der Waals surface area contributed by atoms with Gasteiger partial charge in [-0.3, -0.25) is 9.59 Å². The molecular weight excluding hydrogens is 324 g/mol. The molecule has 1 N–H and O–H groups in total. The van der Waals surface area contributed by atoms with Crippen molar-refractivity contribution in [3.8, 4) is 0 Å². The van der Waals surface area contributed by atoms with E-state index >= 15 is 0 Å². The molecule has 134 valence electrons. The summed E-state index contributed by atoms with van der Waals surface area (Å²) in [6.45, 7) is 4.29. The third-order valence-corrected chi connectivity index (χ3v) is 4.50. The predicted octanol–water partition coefficient (Wildman–Crippen LogP) is 4.29. The summed E-state index contributed by atoms with van der Waals surface area (Å²) in [4.78, 5) is 24.5. The molecule has 3 rings (SSSR count). The Hall–Kier alpha value is -2.88. The molecule has 0 spiro atoms. The molecule has 4 nitrogen and oxygen atoms in total. The Morgan fingerprint density at radius 1 is 1.08 bits per heavy atom. The summed E-state index contributed by atoms with van der Waals surface area (Å²) >= 11 is 0. The fraction of sp³-hybridized carbons (Fsp3) is 0.273. The summed E-state index contributed by atoms with van der Waals surface area (Å²) in [6.07, 6.45) is 5.08. The highest BCUT2D eigenvalue weighted by atomic mass is 16.2. The lowest BCUT2D eigenvalue weighted by Crippen LogP contribution is -2.20. The number of aryl methyl sites for hydroxylation is 2. The lowest BCUT2D eigenvalue weighted by atomic mass is 10.1. The second kappa shape index (κ2) is 8.00. The first kappa shape index (κ1) is 17.9. The van der Waals surface area contributed by atoms with E-state index in [4.69, 9.17) is 0 Å². The van der Waals surface area contributed by atoms with E-state index in [1.807, 2.05) is 37.3 Å². The van der Waals surface area contributed by atoms with Crippen LogP contribution < -0.4 is 10.7 Å². The Labute approximate surface area is 153 Å². The van der Waals surface area contributed by atoms with Gasteiger partial charge in [-0.1, -0.05) is 37.1 Å². The first-order valence-electron chi connectivity index (χ1n) is 9.05. The van der Waals surface area contributed by atoms with E-state index in [1.165, 1.54) is 24.5 Å². The summed E-state index contributed by atoms with van der Waals surface area (Å²) in [6, 6.07) is 15.2. The van der Waals surface area contributed by atoms with E-state index in [9.17, 15) is 9.59 Å². The molecule has 0 saturated carbocycles. The highest BCUT2D eigenvalue weighted by Gasteiger charge is 2.08. The zero-order valence-electron chi connectivity index (χ0n) is 15.3. The van der Waals surface area contributed by atoms with Crippen LogP contribution in [0.3, 0.4) is 0 Å². The maximum Gasteiger partial charge on any atom is 0.244 e. The molecule has 0 aliphatic carbocycles. The average molecular weight is 348 g/mol. The van der Waals surface area contributed by atoms with Crippen LogP contribution in [-0.2, 0) is 17.8 Å². The van der Waals surface area contributed by atoms with Gasteiger partial charge in [-0.25, -0.2) is 0 Å². The molecule has 0 unspecified atom stereocenters. The third kappa shape index (κ3) is 4.20. The monoisotopic (exact) mass is 348 g/mol. The van der Waals surface area contributed by atoms with Crippen molar-refractivity contribution in [3.05, 3.63) is 76.1 Å². The van der Waals surface area contributed by atoms with Crippen molar-refractivity contribution in [3.63, 3.8) is 0 Å². The van der Waals surface area contributed by atoms with Crippen molar-refractivity contribution in [2.75, 3.05) is 5.32 Å². The van der Waals surface area contributed by atoms with E-state index in [0.717, 1.165) is 23.2 Å². The van der Waals surface area contributed by atoms with Crippen LogP contribution in [0.4, 0.5) is 5.69 Å². The first-order chi connectivity index (χ1) is 12.6. The van der Waals surface area contributed by atoms with Crippen molar-refractivity contribution in [2.45, 2.75) is 39.7 Å². The maximum atomic E-state index is 12.4. The van der Waals surface area contributed by atoms with Gasteiger partial charge in [0.1, 0.15) is 6.54 Å². The smallest absolute Gasteiger partial charge is 0.244 e. The van der Waals surface area contributed by atoms with E-state index in [2.05, 4.69) is 24.4 Å². The Bertz CT molecular complexity index is 972. The van der Waals surface area contributed by atoms with Crippen molar-refractivity contribution < 1.29 is 4.79 Å². The van der Waals surface area contributed by atoms with Gasteiger partial charge >= 0.3 is 0 Å². The Balaban J connectivity index is 1.73. The van der Waals surface area contributed by atoms with Crippen molar-refractivity contribution in [2.24, 2.45) is 0 Å². The molecule has 1 amide bonds. The molecule has 3 aromatic rings. The van der Waals surface area contributed by atoms with E-state index in [-0.39, 0.29) is 17.9 Å². The molecule has 0 aliphatic heterocycles. The van der Waals surface area contributed by atoms with Crippen LogP contribution in [0.25, 0.3) is 10.9 Å².